The third kappa shape index (κ3) is 3.69. The van der Waals surface area contributed by atoms with Gasteiger partial charge in [-0.2, -0.15) is 0 Å². The number of carbonyl (C=O) groups is 1. The molecular weight excluding hydrogens is 275 g/mol. The highest BCUT2D eigenvalue weighted by Gasteiger charge is 2.09. The molecule has 7 heteroatoms. The SMILES string of the molecule is N/C(=N/O)c1ccccc1NC(=O)Nc1ccc(F)cc1. The molecule has 0 radical (unpaired) electrons. The first-order valence-electron chi connectivity index (χ1n) is 6.00. The average molecular weight is 288 g/mol. The second kappa shape index (κ2) is 6.38. The minimum Gasteiger partial charge on any atom is -0.409 e. The number of hydrogen-bond donors (Lipinski definition) is 4. The summed E-state index contributed by atoms with van der Waals surface area (Å²) < 4.78 is 12.8. The lowest BCUT2D eigenvalue weighted by Crippen LogP contribution is -2.22. The van der Waals surface area contributed by atoms with Gasteiger partial charge >= 0.3 is 6.03 Å². The van der Waals surface area contributed by atoms with E-state index in [0.717, 1.165) is 0 Å². The van der Waals surface area contributed by atoms with Crippen molar-refractivity contribution < 1.29 is 14.4 Å². The molecule has 0 unspecified atom stereocenters. The van der Waals surface area contributed by atoms with Gasteiger partial charge in [0.2, 0.25) is 0 Å². The maximum absolute atomic E-state index is 12.8. The first-order valence-corrected chi connectivity index (χ1v) is 6.00. The van der Waals surface area contributed by atoms with E-state index >= 15 is 0 Å². The molecule has 0 aliphatic carbocycles. The van der Waals surface area contributed by atoms with E-state index in [4.69, 9.17) is 10.9 Å². The fraction of sp³-hybridized carbons (Fsp3) is 0. The van der Waals surface area contributed by atoms with E-state index in [0.29, 0.717) is 16.9 Å². The molecule has 0 aromatic heterocycles. The number of carbonyl (C=O) groups excluding carboxylic acids is 1. The number of benzene rings is 2. The predicted octanol–water partition coefficient (Wildman–Crippen LogP) is 2.56. The Balaban J connectivity index is 2.11. The van der Waals surface area contributed by atoms with Crippen LogP contribution in [0.1, 0.15) is 5.56 Å². The second-order valence-corrected chi connectivity index (χ2v) is 4.12. The Morgan fingerprint density at radius 1 is 1.10 bits per heavy atom. The van der Waals surface area contributed by atoms with Gasteiger partial charge in [0.25, 0.3) is 0 Å². The zero-order chi connectivity index (χ0) is 15.2. The summed E-state index contributed by atoms with van der Waals surface area (Å²) in [6.45, 7) is 0. The molecule has 21 heavy (non-hydrogen) atoms. The van der Waals surface area contributed by atoms with Gasteiger partial charge in [-0.25, -0.2) is 9.18 Å². The Hall–Kier alpha value is -3.09. The predicted molar refractivity (Wildman–Crippen MR) is 78.0 cm³/mol. The van der Waals surface area contributed by atoms with Crippen molar-refractivity contribution in [1.29, 1.82) is 0 Å². The van der Waals surface area contributed by atoms with E-state index in [2.05, 4.69) is 15.8 Å². The first kappa shape index (κ1) is 14.3. The van der Waals surface area contributed by atoms with Crippen LogP contribution >= 0.6 is 0 Å². The summed E-state index contributed by atoms with van der Waals surface area (Å²) in [5, 5.41) is 16.7. The van der Waals surface area contributed by atoms with E-state index in [-0.39, 0.29) is 5.84 Å². The highest BCUT2D eigenvalue weighted by molar-refractivity contribution is 6.07. The highest BCUT2D eigenvalue weighted by atomic mass is 19.1. The normalized spacial score (nSPS) is 11.0. The van der Waals surface area contributed by atoms with Crippen molar-refractivity contribution in [2.24, 2.45) is 10.9 Å². The Morgan fingerprint density at radius 2 is 1.76 bits per heavy atom. The molecule has 2 rings (SSSR count). The summed E-state index contributed by atoms with van der Waals surface area (Å²) in [6.07, 6.45) is 0. The topological polar surface area (TPSA) is 99.7 Å². The van der Waals surface area contributed by atoms with Gasteiger partial charge in [-0.1, -0.05) is 17.3 Å². The lowest BCUT2D eigenvalue weighted by Gasteiger charge is -2.11. The molecule has 0 aliphatic rings. The third-order valence-electron chi connectivity index (χ3n) is 2.66. The molecule has 2 aromatic rings. The minimum atomic E-state index is -0.528. The number of halogens is 1. The number of oxime groups is 1. The smallest absolute Gasteiger partial charge is 0.323 e. The monoisotopic (exact) mass is 288 g/mol. The second-order valence-electron chi connectivity index (χ2n) is 4.12. The number of urea groups is 1. The molecule has 0 heterocycles. The number of para-hydroxylation sites is 1. The fourth-order valence-corrected chi connectivity index (χ4v) is 1.69. The van der Waals surface area contributed by atoms with Crippen LogP contribution in [0.25, 0.3) is 0 Å². The number of nitrogens with zero attached hydrogens (tertiary/aromatic N) is 1. The Bertz CT molecular complexity index is 671. The summed E-state index contributed by atoms with van der Waals surface area (Å²) in [6, 6.07) is 11.4. The molecule has 0 aliphatic heterocycles. The summed E-state index contributed by atoms with van der Waals surface area (Å²) in [5.74, 6) is -0.508. The zero-order valence-electron chi connectivity index (χ0n) is 10.9. The van der Waals surface area contributed by atoms with Crippen LogP contribution in [-0.4, -0.2) is 17.1 Å². The van der Waals surface area contributed by atoms with Crippen molar-refractivity contribution in [3.63, 3.8) is 0 Å². The number of amides is 2. The van der Waals surface area contributed by atoms with Gasteiger partial charge in [-0.3, -0.25) is 0 Å². The Morgan fingerprint density at radius 3 is 2.43 bits per heavy atom. The number of hydrogen-bond acceptors (Lipinski definition) is 3. The van der Waals surface area contributed by atoms with Crippen molar-refractivity contribution in [2.45, 2.75) is 0 Å². The number of nitrogens with one attached hydrogen (secondary N) is 2. The average Bonchev–Trinajstić information content (AvgIpc) is 2.49. The van der Waals surface area contributed by atoms with Crippen LogP contribution in [0.5, 0.6) is 0 Å². The molecule has 0 atom stereocenters. The van der Waals surface area contributed by atoms with Crippen LogP contribution in [0, 0.1) is 5.82 Å². The summed E-state index contributed by atoms with van der Waals surface area (Å²) in [4.78, 5) is 11.9. The van der Waals surface area contributed by atoms with Gasteiger partial charge in [0.1, 0.15) is 5.82 Å². The zero-order valence-corrected chi connectivity index (χ0v) is 10.9. The van der Waals surface area contributed by atoms with Crippen LogP contribution in [0.3, 0.4) is 0 Å². The van der Waals surface area contributed by atoms with Crippen molar-refractivity contribution in [2.75, 3.05) is 10.6 Å². The van der Waals surface area contributed by atoms with Crippen molar-refractivity contribution >= 4 is 23.2 Å². The number of anilines is 2. The van der Waals surface area contributed by atoms with Gasteiger partial charge in [0.15, 0.2) is 5.84 Å². The molecule has 0 saturated heterocycles. The van der Waals surface area contributed by atoms with E-state index in [1.54, 1.807) is 24.3 Å². The number of amidine groups is 1. The minimum absolute atomic E-state index is 0.118. The van der Waals surface area contributed by atoms with E-state index < -0.39 is 11.8 Å². The molecular formula is C14H13FN4O2. The summed E-state index contributed by atoms with van der Waals surface area (Å²) in [7, 11) is 0. The van der Waals surface area contributed by atoms with Gasteiger partial charge in [-0.15, -0.1) is 0 Å². The molecule has 2 amide bonds. The Labute approximate surface area is 120 Å². The van der Waals surface area contributed by atoms with E-state index in [1.807, 2.05) is 0 Å². The molecule has 0 fully saturated rings. The number of rotatable bonds is 3. The molecule has 2 aromatic carbocycles. The summed E-state index contributed by atoms with van der Waals surface area (Å²) in [5.41, 5.74) is 6.73. The molecule has 5 N–H and O–H groups in total. The van der Waals surface area contributed by atoms with Crippen LogP contribution in [0.2, 0.25) is 0 Å². The van der Waals surface area contributed by atoms with Gasteiger partial charge in [0.05, 0.1) is 5.69 Å². The van der Waals surface area contributed by atoms with Gasteiger partial charge in [-0.05, 0) is 36.4 Å². The largest absolute Gasteiger partial charge is 0.409 e. The highest BCUT2D eigenvalue weighted by Crippen LogP contribution is 2.15. The van der Waals surface area contributed by atoms with Crippen LogP contribution in [0.15, 0.2) is 53.7 Å². The fourth-order valence-electron chi connectivity index (χ4n) is 1.69. The molecule has 0 bridgehead atoms. The van der Waals surface area contributed by atoms with Crippen molar-refractivity contribution in [1.82, 2.24) is 0 Å². The lowest BCUT2D eigenvalue weighted by atomic mass is 10.1. The van der Waals surface area contributed by atoms with E-state index in [1.165, 1.54) is 24.3 Å². The Kier molecular flexibility index (Phi) is 4.35. The first-order chi connectivity index (χ1) is 10.1. The van der Waals surface area contributed by atoms with Crippen LogP contribution in [-0.2, 0) is 0 Å². The molecule has 6 nitrogen and oxygen atoms in total. The third-order valence-corrected chi connectivity index (χ3v) is 2.66. The van der Waals surface area contributed by atoms with Crippen molar-refractivity contribution in [3.8, 4) is 0 Å². The molecule has 0 saturated carbocycles. The number of nitrogens with two attached hydrogens (primary N) is 1. The summed E-state index contributed by atoms with van der Waals surface area (Å²) >= 11 is 0. The van der Waals surface area contributed by atoms with Crippen molar-refractivity contribution in [3.05, 3.63) is 59.9 Å². The quantitative estimate of drug-likeness (QED) is 0.302. The van der Waals surface area contributed by atoms with Gasteiger partial charge < -0.3 is 21.6 Å². The lowest BCUT2D eigenvalue weighted by molar-refractivity contribution is 0.262. The molecule has 108 valence electrons. The van der Waals surface area contributed by atoms with Gasteiger partial charge in [0, 0.05) is 11.3 Å². The van der Waals surface area contributed by atoms with Crippen LogP contribution in [0.4, 0.5) is 20.6 Å². The maximum Gasteiger partial charge on any atom is 0.323 e. The maximum atomic E-state index is 12.8. The molecule has 0 spiro atoms. The standard InChI is InChI=1S/C14H13FN4O2/c15-9-5-7-10(8-6-9)17-14(20)18-12-4-2-1-3-11(12)13(16)19-21/h1-8,21H,(H2,16,19)(H2,17,18,20). The van der Waals surface area contributed by atoms with E-state index in [9.17, 15) is 9.18 Å². The van der Waals surface area contributed by atoms with Crippen LogP contribution < -0.4 is 16.4 Å².